The molecular weight excluding hydrogens is 363 g/mol. The number of hydrogen-bond acceptors (Lipinski definition) is 4. The number of para-hydroxylation sites is 2. The van der Waals surface area contributed by atoms with Crippen molar-refractivity contribution in [1.29, 1.82) is 0 Å². The third-order valence-corrected chi connectivity index (χ3v) is 3.53. The molecule has 2 rings (SSSR count). The Morgan fingerprint density at radius 2 is 1.70 bits per heavy atom. The van der Waals surface area contributed by atoms with Gasteiger partial charge in [-0.2, -0.15) is 13.2 Å². The molecule has 8 heteroatoms. The van der Waals surface area contributed by atoms with Crippen LogP contribution >= 0.6 is 0 Å². The van der Waals surface area contributed by atoms with E-state index in [0.29, 0.717) is 5.75 Å². The minimum Gasteiger partial charge on any atom is -0.493 e. The number of halogens is 3. The number of amides is 1. The molecule has 0 fully saturated rings. The summed E-state index contributed by atoms with van der Waals surface area (Å²) in [5, 5.41) is 2.09. The number of carbonyl (C=O) groups is 2. The lowest BCUT2D eigenvalue weighted by Gasteiger charge is -2.13. The monoisotopic (exact) mass is 381 g/mol. The normalized spacial score (nSPS) is 11.0. The standard InChI is InChI=1S/C19H18F3NO4/c1-13-6-2-5-9-16(13)26-11-10-18(25)27-12-17(24)23-15-8-4-3-7-14(15)19(20,21)22/h2-9H,10-12H2,1H3,(H,23,24). The second kappa shape index (κ2) is 9.07. The van der Waals surface area contributed by atoms with Crippen LogP contribution in [-0.2, 0) is 20.5 Å². The van der Waals surface area contributed by atoms with Gasteiger partial charge in [-0.3, -0.25) is 9.59 Å². The van der Waals surface area contributed by atoms with Crippen molar-refractivity contribution in [2.45, 2.75) is 19.5 Å². The number of esters is 1. The average Bonchev–Trinajstić information content (AvgIpc) is 2.61. The van der Waals surface area contributed by atoms with Crippen LogP contribution in [0.5, 0.6) is 5.75 Å². The molecule has 144 valence electrons. The van der Waals surface area contributed by atoms with Crippen LogP contribution < -0.4 is 10.1 Å². The van der Waals surface area contributed by atoms with E-state index < -0.39 is 35.9 Å². The molecule has 0 saturated heterocycles. The zero-order valence-electron chi connectivity index (χ0n) is 14.5. The Bertz CT molecular complexity index is 806. The van der Waals surface area contributed by atoms with E-state index in [4.69, 9.17) is 9.47 Å². The molecule has 1 N–H and O–H groups in total. The van der Waals surface area contributed by atoms with Crippen LogP contribution in [0.2, 0.25) is 0 Å². The highest BCUT2D eigenvalue weighted by molar-refractivity contribution is 5.93. The molecule has 0 aliphatic carbocycles. The van der Waals surface area contributed by atoms with Crippen LogP contribution in [0.25, 0.3) is 0 Å². The minimum absolute atomic E-state index is 0.0578. The van der Waals surface area contributed by atoms with E-state index in [1.165, 1.54) is 12.1 Å². The third-order valence-electron chi connectivity index (χ3n) is 3.53. The molecule has 27 heavy (non-hydrogen) atoms. The minimum atomic E-state index is -4.60. The molecule has 5 nitrogen and oxygen atoms in total. The summed E-state index contributed by atoms with van der Waals surface area (Å²) in [5.41, 5.74) is -0.459. The third kappa shape index (κ3) is 6.32. The maximum Gasteiger partial charge on any atom is 0.418 e. The van der Waals surface area contributed by atoms with Gasteiger partial charge >= 0.3 is 12.1 Å². The first kappa shape index (κ1) is 20.3. The lowest BCUT2D eigenvalue weighted by Crippen LogP contribution is -2.23. The highest BCUT2D eigenvalue weighted by Gasteiger charge is 2.33. The van der Waals surface area contributed by atoms with Crippen LogP contribution in [0, 0.1) is 6.92 Å². The summed E-state index contributed by atoms with van der Waals surface area (Å²) >= 11 is 0. The molecule has 0 bridgehead atoms. The first-order valence-electron chi connectivity index (χ1n) is 8.07. The quantitative estimate of drug-likeness (QED) is 0.738. The van der Waals surface area contributed by atoms with E-state index >= 15 is 0 Å². The van der Waals surface area contributed by atoms with Gasteiger partial charge in [0.1, 0.15) is 5.75 Å². The van der Waals surface area contributed by atoms with Crippen LogP contribution in [0.1, 0.15) is 17.5 Å². The summed E-state index contributed by atoms with van der Waals surface area (Å²) in [7, 11) is 0. The number of benzene rings is 2. The number of alkyl halides is 3. The Hall–Kier alpha value is -3.03. The molecule has 0 aliphatic rings. The zero-order chi connectivity index (χ0) is 19.9. The number of ether oxygens (including phenoxy) is 2. The number of aryl methyl sites for hydroxylation is 1. The number of anilines is 1. The molecule has 0 atom stereocenters. The van der Waals surface area contributed by atoms with E-state index in [1.807, 2.05) is 19.1 Å². The fraction of sp³-hybridized carbons (Fsp3) is 0.263. The fourth-order valence-corrected chi connectivity index (χ4v) is 2.21. The lowest BCUT2D eigenvalue weighted by atomic mass is 10.1. The summed E-state index contributed by atoms with van der Waals surface area (Å²) in [5.74, 6) is -0.922. The van der Waals surface area contributed by atoms with Crippen LogP contribution in [0.4, 0.5) is 18.9 Å². The van der Waals surface area contributed by atoms with Gasteiger partial charge in [-0.1, -0.05) is 30.3 Å². The molecule has 0 saturated carbocycles. The molecule has 0 unspecified atom stereocenters. The molecule has 2 aromatic carbocycles. The molecule has 0 aliphatic heterocycles. The predicted molar refractivity (Wildman–Crippen MR) is 92.3 cm³/mol. The predicted octanol–water partition coefficient (Wildman–Crippen LogP) is 3.96. The number of hydrogen-bond donors (Lipinski definition) is 1. The average molecular weight is 381 g/mol. The van der Waals surface area contributed by atoms with E-state index in [9.17, 15) is 22.8 Å². The van der Waals surface area contributed by atoms with Crippen LogP contribution in [-0.4, -0.2) is 25.1 Å². The first-order valence-corrected chi connectivity index (χ1v) is 8.07. The zero-order valence-corrected chi connectivity index (χ0v) is 14.5. The van der Waals surface area contributed by atoms with Crippen molar-refractivity contribution < 1.29 is 32.2 Å². The number of nitrogens with one attached hydrogen (secondary N) is 1. The van der Waals surface area contributed by atoms with E-state index in [-0.39, 0.29) is 13.0 Å². The molecule has 0 aromatic heterocycles. The van der Waals surface area contributed by atoms with E-state index in [0.717, 1.165) is 17.7 Å². The molecule has 1 amide bonds. The van der Waals surface area contributed by atoms with Crippen LogP contribution in [0.3, 0.4) is 0 Å². The molecule has 0 radical (unpaired) electrons. The van der Waals surface area contributed by atoms with Gasteiger partial charge in [-0.05, 0) is 30.7 Å². The Kier molecular flexibility index (Phi) is 6.81. The van der Waals surface area contributed by atoms with Gasteiger partial charge in [-0.25, -0.2) is 0 Å². The maximum absolute atomic E-state index is 12.9. The van der Waals surface area contributed by atoms with Crippen molar-refractivity contribution in [3.63, 3.8) is 0 Å². The lowest BCUT2D eigenvalue weighted by molar-refractivity contribution is -0.147. The topological polar surface area (TPSA) is 64.6 Å². The fourth-order valence-electron chi connectivity index (χ4n) is 2.21. The summed E-state index contributed by atoms with van der Waals surface area (Å²) in [6, 6.07) is 11.8. The largest absolute Gasteiger partial charge is 0.493 e. The molecule has 2 aromatic rings. The molecule has 0 heterocycles. The highest BCUT2D eigenvalue weighted by atomic mass is 19.4. The van der Waals surface area contributed by atoms with Gasteiger partial charge in [0.15, 0.2) is 6.61 Å². The van der Waals surface area contributed by atoms with Crippen molar-refractivity contribution in [2.24, 2.45) is 0 Å². The Labute approximate surface area is 154 Å². The summed E-state index contributed by atoms with van der Waals surface area (Å²) < 4.78 is 48.8. The smallest absolute Gasteiger partial charge is 0.418 e. The van der Waals surface area contributed by atoms with Crippen LogP contribution in [0.15, 0.2) is 48.5 Å². The van der Waals surface area contributed by atoms with E-state index in [2.05, 4.69) is 5.32 Å². The number of carbonyl (C=O) groups excluding carboxylic acids is 2. The molecular formula is C19H18F3NO4. The van der Waals surface area contributed by atoms with Crippen molar-refractivity contribution in [2.75, 3.05) is 18.5 Å². The SMILES string of the molecule is Cc1ccccc1OCCC(=O)OCC(=O)Nc1ccccc1C(F)(F)F. The van der Waals surface area contributed by atoms with Crippen molar-refractivity contribution >= 4 is 17.6 Å². The van der Waals surface area contributed by atoms with Crippen molar-refractivity contribution in [3.8, 4) is 5.75 Å². The van der Waals surface area contributed by atoms with Gasteiger partial charge in [0.25, 0.3) is 5.91 Å². The van der Waals surface area contributed by atoms with Crippen molar-refractivity contribution in [1.82, 2.24) is 0 Å². The maximum atomic E-state index is 12.9. The Morgan fingerprint density at radius 1 is 1.04 bits per heavy atom. The number of rotatable bonds is 7. The Balaban J connectivity index is 1.77. The van der Waals surface area contributed by atoms with Gasteiger partial charge in [0.2, 0.25) is 0 Å². The van der Waals surface area contributed by atoms with Gasteiger partial charge in [0.05, 0.1) is 24.3 Å². The second-order valence-corrected chi connectivity index (χ2v) is 5.62. The van der Waals surface area contributed by atoms with Gasteiger partial charge in [-0.15, -0.1) is 0 Å². The van der Waals surface area contributed by atoms with Gasteiger partial charge in [0, 0.05) is 0 Å². The molecule has 0 spiro atoms. The van der Waals surface area contributed by atoms with Gasteiger partial charge < -0.3 is 14.8 Å². The van der Waals surface area contributed by atoms with Crippen molar-refractivity contribution in [3.05, 3.63) is 59.7 Å². The summed E-state index contributed by atoms with van der Waals surface area (Å²) in [4.78, 5) is 23.4. The second-order valence-electron chi connectivity index (χ2n) is 5.62. The summed E-state index contributed by atoms with van der Waals surface area (Å²) in [6.45, 7) is 1.23. The first-order chi connectivity index (χ1) is 12.8. The van der Waals surface area contributed by atoms with E-state index in [1.54, 1.807) is 12.1 Å². The summed E-state index contributed by atoms with van der Waals surface area (Å²) in [6.07, 6.45) is -4.70. The highest BCUT2D eigenvalue weighted by Crippen LogP contribution is 2.34. The Morgan fingerprint density at radius 3 is 2.41 bits per heavy atom.